The summed E-state index contributed by atoms with van der Waals surface area (Å²) >= 11 is 5.57. The Morgan fingerprint density at radius 2 is 2.33 bits per heavy atom. The summed E-state index contributed by atoms with van der Waals surface area (Å²) in [6, 6.07) is 4.23. The van der Waals surface area contributed by atoms with Crippen molar-refractivity contribution < 1.29 is 13.9 Å². The molecule has 2 nitrogen and oxygen atoms in total. The second-order valence-electron chi connectivity index (χ2n) is 2.75. The van der Waals surface area contributed by atoms with Crippen LogP contribution >= 0.6 is 11.6 Å². The molecule has 4 heteroatoms. The van der Waals surface area contributed by atoms with Gasteiger partial charge in [-0.05, 0) is 25.1 Å². The third-order valence-electron chi connectivity index (χ3n) is 1.65. The molecule has 1 aromatic carbocycles. The molecule has 0 saturated carbocycles. The van der Waals surface area contributed by atoms with E-state index in [0.717, 1.165) is 0 Å². The fourth-order valence-corrected chi connectivity index (χ4v) is 1.14. The van der Waals surface area contributed by atoms with Gasteiger partial charge in [0.25, 0.3) is 0 Å². The molecule has 0 spiro atoms. The molecule has 0 aliphatic rings. The highest BCUT2D eigenvalue weighted by Gasteiger charge is 2.00. The second kappa shape index (κ2) is 5.51. The lowest BCUT2D eigenvalue weighted by molar-refractivity contribution is -0.137. The molecule has 0 radical (unpaired) electrons. The number of benzene rings is 1. The zero-order valence-corrected chi connectivity index (χ0v) is 8.92. The minimum absolute atomic E-state index is 0.298. The fourth-order valence-electron chi connectivity index (χ4n) is 0.985. The Balaban J connectivity index is 2.76. The molecule has 15 heavy (non-hydrogen) atoms. The van der Waals surface area contributed by atoms with Crippen LogP contribution in [0.15, 0.2) is 24.3 Å². The smallest absolute Gasteiger partial charge is 0.330 e. The topological polar surface area (TPSA) is 26.3 Å². The van der Waals surface area contributed by atoms with Crippen molar-refractivity contribution >= 4 is 23.6 Å². The second-order valence-corrected chi connectivity index (χ2v) is 3.19. The number of hydrogen-bond donors (Lipinski definition) is 0. The van der Waals surface area contributed by atoms with E-state index < -0.39 is 11.8 Å². The van der Waals surface area contributed by atoms with Gasteiger partial charge in [-0.3, -0.25) is 0 Å². The zero-order valence-electron chi connectivity index (χ0n) is 8.17. The average Bonchev–Trinajstić information content (AvgIpc) is 2.17. The number of carbonyl (C=O) groups excluding carboxylic acids is 1. The lowest BCUT2D eigenvalue weighted by Crippen LogP contribution is -1.98. The van der Waals surface area contributed by atoms with E-state index in [1.807, 2.05) is 0 Å². The summed E-state index contributed by atoms with van der Waals surface area (Å²) in [4.78, 5) is 10.9. The predicted molar refractivity (Wildman–Crippen MR) is 57.1 cm³/mol. The maximum Gasteiger partial charge on any atom is 0.330 e. The Kier molecular flexibility index (Phi) is 4.31. The van der Waals surface area contributed by atoms with Crippen LogP contribution in [0.25, 0.3) is 6.08 Å². The molecular formula is C11H10ClFO2. The van der Waals surface area contributed by atoms with Crippen LogP contribution in [0.3, 0.4) is 0 Å². The molecule has 0 fully saturated rings. The normalized spacial score (nSPS) is 10.6. The summed E-state index contributed by atoms with van der Waals surface area (Å²) in [6.45, 7) is 2.00. The van der Waals surface area contributed by atoms with Gasteiger partial charge in [-0.25, -0.2) is 9.18 Å². The molecule has 0 unspecified atom stereocenters. The van der Waals surface area contributed by atoms with E-state index in [4.69, 9.17) is 11.6 Å². The number of carbonyl (C=O) groups is 1. The van der Waals surface area contributed by atoms with Crippen molar-refractivity contribution in [1.29, 1.82) is 0 Å². The first-order valence-corrected chi connectivity index (χ1v) is 4.81. The molecule has 0 atom stereocenters. The molecule has 1 rings (SSSR count). The Labute approximate surface area is 92.3 Å². The van der Waals surface area contributed by atoms with Crippen molar-refractivity contribution in [2.45, 2.75) is 6.92 Å². The molecule has 1 aromatic rings. The highest BCUT2D eigenvalue weighted by atomic mass is 35.5. The first-order valence-electron chi connectivity index (χ1n) is 4.43. The van der Waals surface area contributed by atoms with E-state index in [1.54, 1.807) is 13.0 Å². The van der Waals surface area contributed by atoms with E-state index in [0.29, 0.717) is 17.2 Å². The van der Waals surface area contributed by atoms with Crippen molar-refractivity contribution in [1.82, 2.24) is 0 Å². The van der Waals surface area contributed by atoms with E-state index >= 15 is 0 Å². The first kappa shape index (κ1) is 11.7. The van der Waals surface area contributed by atoms with Crippen molar-refractivity contribution in [3.63, 3.8) is 0 Å². The van der Waals surface area contributed by atoms with Crippen LogP contribution in [0.4, 0.5) is 4.39 Å². The standard InChI is InChI=1S/C11H10ClFO2/c1-2-15-11(14)6-4-8-3-5-9(12)7-10(8)13/h3-7H,2H2,1H3/b6-4+. The Hall–Kier alpha value is -1.35. The summed E-state index contributed by atoms with van der Waals surface area (Å²) in [7, 11) is 0. The van der Waals surface area contributed by atoms with Crippen molar-refractivity contribution in [2.24, 2.45) is 0 Å². The minimum atomic E-state index is -0.494. The van der Waals surface area contributed by atoms with E-state index in [9.17, 15) is 9.18 Å². The first-order chi connectivity index (χ1) is 7.13. The number of ether oxygens (including phenoxy) is 1. The molecule has 0 aliphatic heterocycles. The van der Waals surface area contributed by atoms with E-state index in [2.05, 4.69) is 4.74 Å². The minimum Gasteiger partial charge on any atom is -0.463 e. The van der Waals surface area contributed by atoms with Gasteiger partial charge in [0.1, 0.15) is 5.82 Å². The van der Waals surface area contributed by atoms with Crippen LogP contribution in [0.1, 0.15) is 12.5 Å². The van der Waals surface area contributed by atoms with Crippen LogP contribution < -0.4 is 0 Å². The maximum absolute atomic E-state index is 13.2. The van der Waals surface area contributed by atoms with Crippen LogP contribution in [0.5, 0.6) is 0 Å². The maximum atomic E-state index is 13.2. The van der Waals surface area contributed by atoms with Gasteiger partial charge in [0.05, 0.1) is 6.61 Å². The van der Waals surface area contributed by atoms with Crippen molar-refractivity contribution in [3.05, 3.63) is 40.7 Å². The third kappa shape index (κ3) is 3.72. The molecule has 0 aliphatic carbocycles. The number of halogens is 2. The summed E-state index contributed by atoms with van der Waals surface area (Å²) < 4.78 is 17.9. The SMILES string of the molecule is CCOC(=O)/C=C/c1ccc(Cl)cc1F. The van der Waals surface area contributed by atoms with Crippen molar-refractivity contribution in [3.8, 4) is 0 Å². The molecule has 0 N–H and O–H groups in total. The van der Waals surface area contributed by atoms with Crippen LogP contribution in [0.2, 0.25) is 5.02 Å². The highest BCUT2D eigenvalue weighted by Crippen LogP contribution is 2.15. The van der Waals surface area contributed by atoms with Gasteiger partial charge in [-0.1, -0.05) is 17.7 Å². The third-order valence-corrected chi connectivity index (χ3v) is 1.88. The quantitative estimate of drug-likeness (QED) is 0.587. The van der Waals surface area contributed by atoms with Gasteiger partial charge in [-0.2, -0.15) is 0 Å². The summed E-state index contributed by atoms with van der Waals surface area (Å²) in [5.41, 5.74) is 0.299. The van der Waals surface area contributed by atoms with Gasteiger partial charge in [0.15, 0.2) is 0 Å². The Morgan fingerprint density at radius 1 is 1.60 bits per heavy atom. The number of esters is 1. The van der Waals surface area contributed by atoms with Gasteiger partial charge < -0.3 is 4.74 Å². The summed E-state index contributed by atoms with van der Waals surface area (Å²) in [6.07, 6.45) is 2.53. The van der Waals surface area contributed by atoms with Gasteiger partial charge in [0, 0.05) is 16.7 Å². The Morgan fingerprint density at radius 3 is 2.93 bits per heavy atom. The van der Waals surface area contributed by atoms with Crippen LogP contribution in [-0.4, -0.2) is 12.6 Å². The molecule has 0 aromatic heterocycles. The highest BCUT2D eigenvalue weighted by molar-refractivity contribution is 6.30. The number of rotatable bonds is 3. The predicted octanol–water partition coefficient (Wildman–Crippen LogP) is 3.06. The molecule has 80 valence electrons. The summed E-state index contributed by atoms with van der Waals surface area (Å²) in [5, 5.41) is 0.320. The van der Waals surface area contributed by atoms with Crippen LogP contribution in [0, 0.1) is 5.82 Å². The molecule has 0 bridgehead atoms. The van der Waals surface area contributed by atoms with Crippen LogP contribution in [-0.2, 0) is 9.53 Å². The Bertz CT molecular complexity index is 388. The lowest BCUT2D eigenvalue weighted by atomic mass is 10.2. The summed E-state index contributed by atoms with van der Waals surface area (Å²) in [5.74, 6) is -0.963. The molecule has 0 heterocycles. The lowest BCUT2D eigenvalue weighted by Gasteiger charge is -1.97. The van der Waals surface area contributed by atoms with E-state index in [1.165, 1.54) is 24.3 Å². The van der Waals surface area contributed by atoms with Gasteiger partial charge in [-0.15, -0.1) is 0 Å². The van der Waals surface area contributed by atoms with E-state index in [-0.39, 0.29) is 0 Å². The molecule has 0 amide bonds. The van der Waals surface area contributed by atoms with Crippen molar-refractivity contribution in [2.75, 3.05) is 6.61 Å². The average molecular weight is 229 g/mol. The fraction of sp³-hybridized carbons (Fsp3) is 0.182. The van der Waals surface area contributed by atoms with Gasteiger partial charge >= 0.3 is 5.97 Å². The monoisotopic (exact) mass is 228 g/mol. The number of hydrogen-bond acceptors (Lipinski definition) is 2. The molecule has 0 saturated heterocycles. The molecular weight excluding hydrogens is 219 g/mol. The largest absolute Gasteiger partial charge is 0.463 e. The zero-order chi connectivity index (χ0) is 11.3. The van der Waals surface area contributed by atoms with Gasteiger partial charge in [0.2, 0.25) is 0 Å².